The number of carbonyl (C=O) groups is 2. The summed E-state index contributed by atoms with van der Waals surface area (Å²) in [6, 6.07) is 17.7. The average Bonchev–Trinajstić information content (AvgIpc) is 2.77. The van der Waals surface area contributed by atoms with Crippen molar-refractivity contribution in [3.63, 3.8) is 0 Å². The maximum absolute atomic E-state index is 13.0. The van der Waals surface area contributed by atoms with Crippen molar-refractivity contribution in [1.29, 1.82) is 0 Å². The fourth-order valence-corrected chi connectivity index (χ4v) is 4.48. The van der Waals surface area contributed by atoms with E-state index in [0.29, 0.717) is 6.54 Å². The summed E-state index contributed by atoms with van der Waals surface area (Å²) in [5.41, 5.74) is 0.441. The number of alkyl carbamates (subject to hydrolysis) is 1. The van der Waals surface area contributed by atoms with Crippen molar-refractivity contribution in [3.05, 3.63) is 71.8 Å². The van der Waals surface area contributed by atoms with Crippen LogP contribution in [0.3, 0.4) is 0 Å². The van der Waals surface area contributed by atoms with Gasteiger partial charge in [-0.3, -0.25) is 4.79 Å². The molecule has 0 spiro atoms. The Morgan fingerprint density at radius 1 is 1.10 bits per heavy atom. The minimum atomic E-state index is -1.20. The van der Waals surface area contributed by atoms with Gasteiger partial charge in [-0.1, -0.05) is 60.7 Å². The normalized spacial score (nSPS) is 26.5. The first kappa shape index (κ1) is 19.5. The molecule has 6 nitrogen and oxygen atoms in total. The number of carbonyl (C=O) groups excluding carboxylic acids is 2. The largest absolute Gasteiger partial charge is 0.445 e. The second-order valence-corrected chi connectivity index (χ2v) is 7.80. The Balaban J connectivity index is 1.50. The van der Waals surface area contributed by atoms with Gasteiger partial charge in [0.1, 0.15) is 18.2 Å². The van der Waals surface area contributed by atoms with Crippen LogP contribution >= 0.6 is 0 Å². The first-order valence-corrected chi connectivity index (χ1v) is 10.1. The van der Waals surface area contributed by atoms with E-state index in [1.54, 1.807) is 4.90 Å². The number of ether oxygens (including phenoxy) is 1. The number of piperidine rings is 2. The zero-order chi connectivity index (χ0) is 20.3. The van der Waals surface area contributed by atoms with Gasteiger partial charge >= 0.3 is 6.09 Å². The lowest BCUT2D eigenvalue weighted by Gasteiger charge is -2.51. The number of hydrogen-bond donors (Lipinski definition) is 2. The predicted molar refractivity (Wildman–Crippen MR) is 108 cm³/mol. The molecular formula is C23H26N2O4. The molecule has 4 rings (SSSR count). The van der Waals surface area contributed by atoms with Gasteiger partial charge in [0.15, 0.2) is 0 Å². The summed E-state index contributed by atoms with van der Waals surface area (Å²) in [4.78, 5) is 27.1. The van der Waals surface area contributed by atoms with E-state index in [9.17, 15) is 14.7 Å². The van der Waals surface area contributed by atoms with Crippen LogP contribution in [0.25, 0.3) is 0 Å². The fourth-order valence-electron chi connectivity index (χ4n) is 4.48. The van der Waals surface area contributed by atoms with Crippen LogP contribution in [0, 0.1) is 0 Å². The van der Waals surface area contributed by atoms with Crippen molar-refractivity contribution in [2.45, 2.75) is 50.0 Å². The Bertz CT molecular complexity index is 858. The van der Waals surface area contributed by atoms with E-state index in [0.717, 1.165) is 30.4 Å². The molecule has 2 fully saturated rings. The van der Waals surface area contributed by atoms with Crippen LogP contribution in [0.5, 0.6) is 0 Å². The van der Waals surface area contributed by atoms with Crippen LogP contribution in [-0.2, 0) is 21.7 Å². The van der Waals surface area contributed by atoms with Crippen molar-refractivity contribution in [2.24, 2.45) is 0 Å². The molecule has 2 aromatic carbocycles. The van der Waals surface area contributed by atoms with Crippen LogP contribution in [0.15, 0.2) is 60.7 Å². The molecule has 0 saturated carbocycles. The van der Waals surface area contributed by atoms with Crippen molar-refractivity contribution >= 4 is 12.0 Å². The quantitative estimate of drug-likeness (QED) is 0.836. The Kier molecular flexibility index (Phi) is 5.53. The number of rotatable bonds is 4. The molecule has 2 aliphatic heterocycles. The third-order valence-corrected chi connectivity index (χ3v) is 5.93. The molecule has 29 heavy (non-hydrogen) atoms. The summed E-state index contributed by atoms with van der Waals surface area (Å²) in [6.07, 6.45) is 2.11. The summed E-state index contributed by atoms with van der Waals surface area (Å²) in [7, 11) is 0. The number of fused-ring (bicyclic) bond motifs is 1. The number of amides is 2. The van der Waals surface area contributed by atoms with E-state index in [2.05, 4.69) is 5.32 Å². The molecule has 0 bridgehead atoms. The highest BCUT2D eigenvalue weighted by Gasteiger charge is 2.52. The second kappa shape index (κ2) is 8.25. The Labute approximate surface area is 170 Å². The number of nitrogens with one attached hydrogen (secondary N) is 1. The molecule has 2 N–H and O–H groups in total. The van der Waals surface area contributed by atoms with E-state index < -0.39 is 17.7 Å². The van der Waals surface area contributed by atoms with E-state index in [4.69, 9.17) is 4.74 Å². The minimum absolute atomic E-state index is 0.128. The Hall–Kier alpha value is -2.86. The molecule has 2 amide bonds. The summed E-state index contributed by atoms with van der Waals surface area (Å²) in [6.45, 7) is 0.721. The molecule has 3 atom stereocenters. The number of hydrogen-bond acceptors (Lipinski definition) is 4. The average molecular weight is 394 g/mol. The zero-order valence-corrected chi connectivity index (χ0v) is 16.3. The monoisotopic (exact) mass is 394 g/mol. The number of benzene rings is 2. The standard InChI is InChI=1S/C23H26N2O4/c26-21-19(24-22(27)29-16-17-9-3-1-4-10-17)15-23(28,18-11-5-2-6-12-18)20-13-7-8-14-25(20)21/h1-6,9-12,19-20,28H,7-8,13-16H2,(H,24,27)/t19-,20+,23+/m0/s1. The van der Waals surface area contributed by atoms with Crippen LogP contribution in [0.4, 0.5) is 4.79 Å². The van der Waals surface area contributed by atoms with Crippen LogP contribution in [-0.4, -0.2) is 40.6 Å². The van der Waals surface area contributed by atoms with Crippen LogP contribution in [0.1, 0.15) is 36.8 Å². The molecule has 0 aliphatic carbocycles. The third-order valence-electron chi connectivity index (χ3n) is 5.93. The molecule has 2 aliphatic rings. The predicted octanol–water partition coefficient (Wildman–Crippen LogP) is 2.95. The maximum Gasteiger partial charge on any atom is 0.408 e. The van der Waals surface area contributed by atoms with Gasteiger partial charge in [0.25, 0.3) is 0 Å². The molecule has 6 heteroatoms. The minimum Gasteiger partial charge on any atom is -0.445 e. The molecule has 0 aromatic heterocycles. The van der Waals surface area contributed by atoms with Crippen LogP contribution < -0.4 is 5.32 Å². The van der Waals surface area contributed by atoms with Gasteiger partial charge in [-0.15, -0.1) is 0 Å². The maximum atomic E-state index is 13.0. The lowest BCUT2D eigenvalue weighted by molar-refractivity contribution is -0.162. The summed E-state index contributed by atoms with van der Waals surface area (Å²) >= 11 is 0. The van der Waals surface area contributed by atoms with E-state index in [1.807, 2.05) is 60.7 Å². The van der Waals surface area contributed by atoms with Gasteiger partial charge in [0, 0.05) is 13.0 Å². The van der Waals surface area contributed by atoms with Crippen molar-refractivity contribution in [3.8, 4) is 0 Å². The lowest BCUT2D eigenvalue weighted by Crippen LogP contribution is -2.66. The van der Waals surface area contributed by atoms with E-state index in [1.165, 1.54) is 0 Å². The van der Waals surface area contributed by atoms with Crippen molar-refractivity contribution in [1.82, 2.24) is 10.2 Å². The van der Waals surface area contributed by atoms with E-state index in [-0.39, 0.29) is 25.0 Å². The topological polar surface area (TPSA) is 78.9 Å². The van der Waals surface area contributed by atoms with Gasteiger partial charge in [-0.2, -0.15) is 0 Å². The van der Waals surface area contributed by atoms with Gasteiger partial charge in [0.05, 0.1) is 6.04 Å². The van der Waals surface area contributed by atoms with Crippen LogP contribution in [0.2, 0.25) is 0 Å². The number of aliphatic hydroxyl groups is 1. The van der Waals surface area contributed by atoms with Gasteiger partial charge in [-0.05, 0) is 30.4 Å². The highest BCUT2D eigenvalue weighted by Crippen LogP contribution is 2.41. The van der Waals surface area contributed by atoms with E-state index >= 15 is 0 Å². The van der Waals surface area contributed by atoms with Gasteiger partial charge in [-0.25, -0.2) is 4.79 Å². The molecule has 2 saturated heterocycles. The first-order chi connectivity index (χ1) is 14.1. The lowest BCUT2D eigenvalue weighted by atomic mass is 9.73. The summed E-state index contributed by atoms with van der Waals surface area (Å²) < 4.78 is 5.29. The Morgan fingerprint density at radius 3 is 2.52 bits per heavy atom. The molecule has 2 heterocycles. The fraction of sp³-hybridized carbons (Fsp3) is 0.391. The second-order valence-electron chi connectivity index (χ2n) is 7.80. The highest BCUT2D eigenvalue weighted by atomic mass is 16.5. The summed E-state index contributed by atoms with van der Waals surface area (Å²) in [5.74, 6) is -0.146. The van der Waals surface area contributed by atoms with Gasteiger partial charge in [0.2, 0.25) is 5.91 Å². The Morgan fingerprint density at radius 2 is 1.79 bits per heavy atom. The van der Waals surface area contributed by atoms with Gasteiger partial charge < -0.3 is 20.1 Å². The number of nitrogens with zero attached hydrogens (tertiary/aromatic N) is 1. The molecule has 2 aromatic rings. The molecule has 152 valence electrons. The van der Waals surface area contributed by atoms with Crippen molar-refractivity contribution < 1.29 is 19.4 Å². The SMILES string of the molecule is O=C(N[C@H]1C[C@@](O)(c2ccccc2)[C@H]2CCCCN2C1=O)OCc1ccccc1. The molecular weight excluding hydrogens is 368 g/mol. The first-order valence-electron chi connectivity index (χ1n) is 10.1. The third kappa shape index (κ3) is 3.98. The van der Waals surface area contributed by atoms with Crippen molar-refractivity contribution in [2.75, 3.05) is 6.54 Å². The zero-order valence-electron chi connectivity index (χ0n) is 16.3. The molecule has 0 radical (unpaired) electrons. The summed E-state index contributed by atoms with van der Waals surface area (Å²) in [5, 5.41) is 14.3. The smallest absolute Gasteiger partial charge is 0.408 e. The highest BCUT2D eigenvalue weighted by molar-refractivity contribution is 5.87. The molecule has 0 unspecified atom stereocenters.